The third-order valence-corrected chi connectivity index (χ3v) is 5.03. The Morgan fingerprint density at radius 1 is 1.12 bits per heavy atom. The molecule has 13 heteroatoms. The quantitative estimate of drug-likeness (QED) is 0.142. The number of nitrogens with zero attached hydrogens (tertiary/aromatic N) is 3. The number of aryl methyl sites for hydroxylation is 2. The number of hydrogen-bond acceptors (Lipinski definition) is 9. The standard InChI is InChI=1S/C17H20N4O6.C4H8O2.Na.H/c1-7-3-9-10(4-8(7)2)21(5-11(23)14(25)12(24)6-22)15-13(18-9)16(26)20-17(27)19-15;1-2-3-4(5)6;;/h3-4,11-12,14,22-25H,5-6H2,1-2H3,(H,20,26,27);2-3H2,1H3,(H,5,6);;/q;;+1;-1/t11-,12+,14-;;;/m0.../s1. The van der Waals surface area contributed by atoms with Crippen molar-refractivity contribution in [3.05, 3.63) is 44.1 Å². The van der Waals surface area contributed by atoms with Crippen molar-refractivity contribution in [2.75, 3.05) is 6.61 Å². The molecule has 0 radical (unpaired) electrons. The second-order valence-corrected chi connectivity index (χ2v) is 7.64. The minimum absolute atomic E-state index is 0. The average Bonchev–Trinajstić information content (AvgIpc) is 2.74. The number of aromatic nitrogens is 4. The molecule has 2 aliphatic heterocycles. The van der Waals surface area contributed by atoms with Crippen molar-refractivity contribution in [1.82, 2.24) is 19.5 Å². The van der Waals surface area contributed by atoms with Gasteiger partial charge >= 0.3 is 41.2 Å². The van der Waals surface area contributed by atoms with Gasteiger partial charge in [-0.05, 0) is 43.5 Å². The van der Waals surface area contributed by atoms with Crippen LogP contribution in [0.3, 0.4) is 0 Å². The van der Waals surface area contributed by atoms with Crippen LogP contribution in [0.1, 0.15) is 32.3 Å². The van der Waals surface area contributed by atoms with E-state index in [9.17, 15) is 29.7 Å². The predicted molar refractivity (Wildman–Crippen MR) is 119 cm³/mol. The van der Waals surface area contributed by atoms with Crippen LogP contribution in [0.2, 0.25) is 0 Å². The summed E-state index contributed by atoms with van der Waals surface area (Å²) in [5.74, 6) is -0.762. The predicted octanol–water partition coefficient (Wildman–Crippen LogP) is -3.74. The van der Waals surface area contributed by atoms with Crippen molar-refractivity contribution < 1.29 is 61.3 Å². The molecule has 2 heterocycles. The Balaban J connectivity index is 0.00000129. The molecule has 34 heavy (non-hydrogen) atoms. The van der Waals surface area contributed by atoms with Crippen LogP contribution in [-0.4, -0.2) is 75.9 Å². The number of aromatic amines is 1. The number of fused-ring (bicyclic) bond motifs is 2. The summed E-state index contributed by atoms with van der Waals surface area (Å²) < 4.78 is 1.40. The van der Waals surface area contributed by atoms with E-state index in [1.54, 1.807) is 12.1 Å². The van der Waals surface area contributed by atoms with Gasteiger partial charge in [0.15, 0.2) is 11.5 Å². The van der Waals surface area contributed by atoms with Crippen LogP contribution in [0.4, 0.5) is 0 Å². The summed E-state index contributed by atoms with van der Waals surface area (Å²) in [5, 5.41) is 46.7. The van der Waals surface area contributed by atoms with Gasteiger partial charge in [0, 0.05) is 6.42 Å². The zero-order valence-electron chi connectivity index (χ0n) is 20.5. The molecule has 0 bridgehead atoms. The van der Waals surface area contributed by atoms with Gasteiger partial charge in [-0.25, -0.2) is 9.78 Å². The Morgan fingerprint density at radius 3 is 2.26 bits per heavy atom. The van der Waals surface area contributed by atoms with Crippen molar-refractivity contribution in [3.63, 3.8) is 0 Å². The molecule has 3 atom stereocenters. The fraction of sp³-hybridized carbons (Fsp3) is 0.476. The number of aliphatic hydroxyl groups is 4. The SMILES string of the molecule is CCCC(=O)O.Cc1cc2nc3c(=O)[nH]c(=O)nc-3n(C[C@H](O)[C@H](O)[C@H](O)CO)c2cc1C.[H-].[Na+]. The number of hydrogen-bond donors (Lipinski definition) is 6. The zero-order chi connectivity index (χ0) is 24.9. The number of rotatable bonds is 7. The largest absolute Gasteiger partial charge is 1.00 e. The van der Waals surface area contributed by atoms with Gasteiger partial charge in [-0.1, -0.05) is 6.92 Å². The average molecular weight is 488 g/mol. The number of carboxylic acid groups (broad SMARTS) is 1. The first-order chi connectivity index (χ1) is 15.5. The van der Waals surface area contributed by atoms with Gasteiger partial charge in [0.05, 0.1) is 24.2 Å². The Morgan fingerprint density at radius 2 is 1.74 bits per heavy atom. The van der Waals surface area contributed by atoms with E-state index in [0.29, 0.717) is 17.5 Å². The second-order valence-electron chi connectivity index (χ2n) is 7.64. The molecule has 2 aliphatic rings. The summed E-state index contributed by atoms with van der Waals surface area (Å²) in [6.07, 6.45) is -3.66. The summed E-state index contributed by atoms with van der Waals surface area (Å²) in [4.78, 5) is 43.6. The fourth-order valence-corrected chi connectivity index (χ4v) is 3.11. The second kappa shape index (κ2) is 13.0. The molecule has 0 fully saturated rings. The molecule has 0 aliphatic carbocycles. The molecule has 0 amide bonds. The van der Waals surface area contributed by atoms with Crippen LogP contribution in [0.25, 0.3) is 22.6 Å². The van der Waals surface area contributed by atoms with Crippen LogP contribution in [0.15, 0.2) is 21.7 Å². The van der Waals surface area contributed by atoms with Crippen LogP contribution in [0.5, 0.6) is 0 Å². The van der Waals surface area contributed by atoms with Crippen molar-refractivity contribution >= 4 is 17.0 Å². The number of nitrogens with one attached hydrogen (secondary N) is 1. The first-order valence-corrected chi connectivity index (χ1v) is 10.3. The van der Waals surface area contributed by atoms with Gasteiger partial charge in [-0.2, -0.15) is 4.98 Å². The Bertz CT molecular complexity index is 1220. The van der Waals surface area contributed by atoms with E-state index in [0.717, 1.165) is 17.5 Å². The van der Waals surface area contributed by atoms with E-state index in [4.69, 9.17) is 10.2 Å². The first kappa shape index (κ1) is 29.8. The first-order valence-electron chi connectivity index (χ1n) is 10.3. The van der Waals surface area contributed by atoms with Gasteiger partial charge < -0.3 is 31.5 Å². The Hall–Kier alpha value is -2.19. The summed E-state index contributed by atoms with van der Waals surface area (Å²) in [7, 11) is 0. The maximum absolute atomic E-state index is 12.2. The monoisotopic (exact) mass is 488 g/mol. The van der Waals surface area contributed by atoms with Crippen LogP contribution >= 0.6 is 0 Å². The summed E-state index contributed by atoms with van der Waals surface area (Å²) in [5.41, 5.74) is 1.11. The maximum atomic E-state index is 12.2. The fourth-order valence-electron chi connectivity index (χ4n) is 3.11. The molecule has 0 unspecified atom stereocenters. The minimum Gasteiger partial charge on any atom is -1.00 e. The van der Waals surface area contributed by atoms with Gasteiger partial charge in [0.1, 0.15) is 18.3 Å². The van der Waals surface area contributed by atoms with Crippen LogP contribution in [0, 0.1) is 13.8 Å². The molecule has 0 saturated carbocycles. The van der Waals surface area contributed by atoms with Crippen LogP contribution < -0.4 is 40.8 Å². The molecule has 0 aromatic heterocycles. The number of carboxylic acids is 1. The molecule has 0 saturated heterocycles. The van der Waals surface area contributed by atoms with E-state index in [2.05, 4.69) is 15.0 Å². The molecule has 3 rings (SSSR count). The molecule has 1 aromatic carbocycles. The molecular weight excluding hydrogens is 459 g/mol. The molecule has 6 N–H and O–H groups in total. The van der Waals surface area contributed by atoms with E-state index in [1.165, 1.54) is 4.57 Å². The smallest absolute Gasteiger partial charge is 1.00 e. The number of aliphatic carboxylic acids is 1. The molecule has 182 valence electrons. The molecule has 1 aromatic rings. The topological polar surface area (TPSA) is 199 Å². The third kappa shape index (κ3) is 7.15. The summed E-state index contributed by atoms with van der Waals surface area (Å²) >= 11 is 0. The van der Waals surface area contributed by atoms with Gasteiger partial charge in [-0.15, -0.1) is 0 Å². The van der Waals surface area contributed by atoms with E-state index in [1.807, 2.05) is 20.8 Å². The van der Waals surface area contributed by atoms with Crippen molar-refractivity contribution in [2.24, 2.45) is 0 Å². The van der Waals surface area contributed by atoms with Crippen LogP contribution in [-0.2, 0) is 11.3 Å². The van der Waals surface area contributed by atoms with Crippen molar-refractivity contribution in [2.45, 2.75) is 58.5 Å². The van der Waals surface area contributed by atoms with E-state index in [-0.39, 0.29) is 49.0 Å². The number of H-pyrrole nitrogens is 1. The molecule has 0 spiro atoms. The number of benzene rings is 1. The molecular formula is C21H29N4NaO8. The van der Waals surface area contributed by atoms with Gasteiger partial charge in [-0.3, -0.25) is 14.6 Å². The zero-order valence-corrected chi connectivity index (χ0v) is 21.5. The minimum atomic E-state index is -1.64. The number of carbonyl (C=O) groups is 1. The number of aliphatic hydroxyl groups excluding tert-OH is 4. The van der Waals surface area contributed by atoms with Gasteiger partial charge in [0.2, 0.25) is 0 Å². The van der Waals surface area contributed by atoms with E-state index >= 15 is 0 Å². The normalized spacial score (nSPS) is 13.5. The summed E-state index contributed by atoms with van der Waals surface area (Å²) in [6.45, 7) is 4.57. The van der Waals surface area contributed by atoms with Crippen molar-refractivity contribution in [3.8, 4) is 11.5 Å². The summed E-state index contributed by atoms with van der Waals surface area (Å²) in [6, 6.07) is 3.53. The Labute approximate surface area is 218 Å². The Kier molecular flexibility index (Phi) is 11.5. The van der Waals surface area contributed by atoms with E-state index < -0.39 is 42.1 Å². The maximum Gasteiger partial charge on any atom is 1.00 e. The molecule has 12 nitrogen and oxygen atoms in total. The third-order valence-electron chi connectivity index (χ3n) is 5.03. The van der Waals surface area contributed by atoms with Gasteiger partial charge in [0.25, 0.3) is 5.56 Å². The van der Waals surface area contributed by atoms with Crippen molar-refractivity contribution in [1.29, 1.82) is 0 Å².